The average molecular weight is 271 g/mol. The molecule has 2 nitrogen and oxygen atoms in total. The molecule has 0 aliphatic heterocycles. The second kappa shape index (κ2) is 8.20. The molecule has 0 fully saturated rings. The molecule has 0 radical (unpaired) electrons. The van der Waals surface area contributed by atoms with Crippen molar-refractivity contribution in [1.29, 1.82) is 0 Å². The van der Waals surface area contributed by atoms with Gasteiger partial charge in [-0.1, -0.05) is 49.8 Å². The zero-order chi connectivity index (χ0) is 13.4. The van der Waals surface area contributed by atoms with Crippen molar-refractivity contribution >= 4 is 34.5 Å². The highest BCUT2D eigenvalue weighted by atomic mass is 35.5. The van der Waals surface area contributed by atoms with Gasteiger partial charge in [0.1, 0.15) is 0 Å². The van der Waals surface area contributed by atoms with Crippen LogP contribution in [0.15, 0.2) is 29.4 Å². The molecule has 0 aliphatic rings. The van der Waals surface area contributed by atoms with Crippen molar-refractivity contribution in [1.82, 2.24) is 5.01 Å². The molecule has 0 aliphatic carbocycles. The first-order chi connectivity index (χ1) is 8.00. The number of nitrogens with zero attached hydrogens (tertiary/aromatic N) is 2. The Labute approximate surface area is 114 Å². The molecule has 0 unspecified atom stereocenters. The van der Waals surface area contributed by atoms with Crippen LogP contribution >= 0.6 is 23.8 Å². The van der Waals surface area contributed by atoms with Gasteiger partial charge in [0.15, 0.2) is 0 Å². The Morgan fingerprint density at radius 2 is 1.65 bits per heavy atom. The molecule has 4 heteroatoms. The molecule has 0 atom stereocenters. The minimum absolute atomic E-state index is 0.728. The summed E-state index contributed by atoms with van der Waals surface area (Å²) in [5.41, 5.74) is 1.96. The van der Waals surface area contributed by atoms with E-state index in [0.717, 1.165) is 21.3 Å². The van der Waals surface area contributed by atoms with Crippen LogP contribution in [0.4, 0.5) is 0 Å². The van der Waals surface area contributed by atoms with Crippen LogP contribution in [0, 0.1) is 0 Å². The highest BCUT2D eigenvalue weighted by molar-refractivity contribution is 7.80. The first kappa shape index (κ1) is 16.1. The summed E-state index contributed by atoms with van der Waals surface area (Å²) >= 11 is 10.8. The molecule has 94 valence electrons. The van der Waals surface area contributed by atoms with E-state index in [1.165, 1.54) is 0 Å². The van der Waals surface area contributed by atoms with Crippen LogP contribution in [0.3, 0.4) is 0 Å². The molecule has 0 heterocycles. The molecular formula is C13H19ClN2S. The van der Waals surface area contributed by atoms with Crippen LogP contribution in [0.2, 0.25) is 5.02 Å². The quantitative estimate of drug-likeness (QED) is 0.451. The van der Waals surface area contributed by atoms with Crippen molar-refractivity contribution < 1.29 is 0 Å². The van der Waals surface area contributed by atoms with Gasteiger partial charge in [0.25, 0.3) is 0 Å². The van der Waals surface area contributed by atoms with Crippen molar-refractivity contribution in [2.75, 3.05) is 7.05 Å². The van der Waals surface area contributed by atoms with Crippen molar-refractivity contribution in [2.45, 2.75) is 27.7 Å². The third-order valence-electron chi connectivity index (χ3n) is 2.02. The Kier molecular flexibility index (Phi) is 7.75. The first-order valence-electron chi connectivity index (χ1n) is 5.56. The molecule has 0 saturated carbocycles. The lowest BCUT2D eigenvalue weighted by Crippen LogP contribution is -2.17. The van der Waals surface area contributed by atoms with Crippen molar-refractivity contribution in [3.05, 3.63) is 34.9 Å². The predicted molar refractivity (Wildman–Crippen MR) is 81.0 cm³/mol. The highest BCUT2D eigenvalue weighted by Gasteiger charge is 2.00. The third kappa shape index (κ3) is 5.80. The number of halogens is 1. The monoisotopic (exact) mass is 270 g/mol. The smallest absolute Gasteiger partial charge is 0.0959 e. The normalized spacial score (nSPS) is 10.4. The summed E-state index contributed by atoms with van der Waals surface area (Å²) in [5.74, 6) is 0. The highest BCUT2D eigenvalue weighted by Crippen LogP contribution is 2.10. The average Bonchev–Trinajstić information content (AvgIpc) is 2.32. The molecule has 0 saturated heterocycles. The van der Waals surface area contributed by atoms with E-state index in [9.17, 15) is 0 Å². The van der Waals surface area contributed by atoms with Gasteiger partial charge in [-0.05, 0) is 31.5 Å². The lowest BCUT2D eigenvalue weighted by atomic mass is 10.1. The number of benzene rings is 1. The van der Waals surface area contributed by atoms with Gasteiger partial charge >= 0.3 is 0 Å². The summed E-state index contributed by atoms with van der Waals surface area (Å²) in [7, 11) is 1.84. The summed E-state index contributed by atoms with van der Waals surface area (Å²) in [6.07, 6.45) is 0. The van der Waals surface area contributed by atoms with E-state index in [4.69, 9.17) is 23.8 Å². The lowest BCUT2D eigenvalue weighted by molar-refractivity contribution is 0.551. The maximum Gasteiger partial charge on any atom is 0.0959 e. The van der Waals surface area contributed by atoms with E-state index >= 15 is 0 Å². The van der Waals surface area contributed by atoms with E-state index in [1.54, 1.807) is 5.01 Å². The predicted octanol–water partition coefficient (Wildman–Crippen LogP) is 4.37. The molecule has 0 amide bonds. The van der Waals surface area contributed by atoms with Crippen molar-refractivity contribution in [3.8, 4) is 0 Å². The van der Waals surface area contributed by atoms with E-state index in [2.05, 4.69) is 5.10 Å². The number of rotatable bonds is 2. The van der Waals surface area contributed by atoms with Gasteiger partial charge in [0.2, 0.25) is 0 Å². The first-order valence-corrected chi connectivity index (χ1v) is 6.35. The minimum atomic E-state index is 0.728. The van der Waals surface area contributed by atoms with E-state index in [0.29, 0.717) is 0 Å². The van der Waals surface area contributed by atoms with Crippen LogP contribution in [0.1, 0.15) is 33.3 Å². The lowest BCUT2D eigenvalue weighted by Gasteiger charge is -2.12. The van der Waals surface area contributed by atoms with Gasteiger partial charge in [0, 0.05) is 12.1 Å². The summed E-state index contributed by atoms with van der Waals surface area (Å²) in [4.78, 5) is 0.739. The molecule has 0 aromatic heterocycles. The SMILES string of the molecule is CC.CC(=S)N(C)/N=C(\C)c1ccc(Cl)cc1. The van der Waals surface area contributed by atoms with Gasteiger partial charge < -0.3 is 0 Å². The molecule has 17 heavy (non-hydrogen) atoms. The number of hydrogen-bond donors (Lipinski definition) is 0. The fourth-order valence-electron chi connectivity index (χ4n) is 1.04. The Balaban J connectivity index is 0.00000121. The molecule has 0 N–H and O–H groups in total. The number of hydrazone groups is 1. The fourth-order valence-corrected chi connectivity index (χ4v) is 1.21. The minimum Gasteiger partial charge on any atom is -0.262 e. The summed E-state index contributed by atoms with van der Waals surface area (Å²) in [6.45, 7) is 7.78. The largest absolute Gasteiger partial charge is 0.262 e. The van der Waals surface area contributed by atoms with Gasteiger partial charge in [-0.3, -0.25) is 5.01 Å². The van der Waals surface area contributed by atoms with Gasteiger partial charge in [-0.25, -0.2) is 0 Å². The Hall–Kier alpha value is -0.930. The van der Waals surface area contributed by atoms with Crippen LogP contribution in [0.5, 0.6) is 0 Å². The maximum atomic E-state index is 5.80. The summed E-state index contributed by atoms with van der Waals surface area (Å²) in [6, 6.07) is 7.57. The number of hydrogen-bond acceptors (Lipinski definition) is 2. The Morgan fingerprint density at radius 1 is 1.18 bits per heavy atom. The van der Waals surface area contributed by atoms with Gasteiger partial charge in [0.05, 0.1) is 10.7 Å². The van der Waals surface area contributed by atoms with Crippen molar-refractivity contribution in [2.24, 2.45) is 5.10 Å². The second-order valence-corrected chi connectivity index (χ2v) is 4.26. The zero-order valence-electron chi connectivity index (χ0n) is 11.0. The Morgan fingerprint density at radius 3 is 2.06 bits per heavy atom. The molecule has 0 bridgehead atoms. The zero-order valence-corrected chi connectivity index (χ0v) is 12.6. The third-order valence-corrected chi connectivity index (χ3v) is 2.53. The van der Waals surface area contributed by atoms with Crippen molar-refractivity contribution in [3.63, 3.8) is 0 Å². The van der Waals surface area contributed by atoms with E-state index in [1.807, 2.05) is 59.0 Å². The van der Waals surface area contributed by atoms with Gasteiger partial charge in [-0.2, -0.15) is 5.10 Å². The molecular weight excluding hydrogens is 252 g/mol. The molecule has 1 aromatic carbocycles. The summed E-state index contributed by atoms with van der Waals surface area (Å²) in [5, 5.41) is 6.75. The molecule has 1 aromatic rings. The second-order valence-electron chi connectivity index (χ2n) is 3.23. The Bertz CT molecular complexity index is 385. The van der Waals surface area contributed by atoms with Crippen LogP contribution in [-0.4, -0.2) is 22.8 Å². The molecule has 1 rings (SSSR count). The van der Waals surface area contributed by atoms with E-state index < -0.39 is 0 Å². The number of thiocarbonyl (C=S) groups is 1. The van der Waals surface area contributed by atoms with Crippen LogP contribution in [-0.2, 0) is 0 Å². The topological polar surface area (TPSA) is 15.6 Å². The van der Waals surface area contributed by atoms with Crippen LogP contribution in [0.25, 0.3) is 0 Å². The standard InChI is InChI=1S/C11H13ClN2S.C2H6/c1-8(13-14(3)9(2)15)10-4-6-11(12)7-5-10;1-2/h4-7H,1-3H3;1-2H3/b13-8+;. The van der Waals surface area contributed by atoms with E-state index in [-0.39, 0.29) is 0 Å². The fraction of sp³-hybridized carbons (Fsp3) is 0.385. The van der Waals surface area contributed by atoms with Gasteiger partial charge in [-0.15, -0.1) is 0 Å². The van der Waals surface area contributed by atoms with Crippen LogP contribution < -0.4 is 0 Å². The summed E-state index contributed by atoms with van der Waals surface area (Å²) < 4.78 is 0. The maximum absolute atomic E-state index is 5.80. The molecule has 0 spiro atoms.